The van der Waals surface area contributed by atoms with Crippen LogP contribution in [0.5, 0.6) is 5.75 Å². The third-order valence-corrected chi connectivity index (χ3v) is 3.75. The summed E-state index contributed by atoms with van der Waals surface area (Å²) in [5, 5.41) is 2.75. The van der Waals surface area contributed by atoms with Crippen molar-refractivity contribution < 1.29 is 19.1 Å². The van der Waals surface area contributed by atoms with Crippen molar-refractivity contribution in [2.45, 2.75) is 0 Å². The van der Waals surface area contributed by atoms with Crippen LogP contribution in [0.25, 0.3) is 6.08 Å². The van der Waals surface area contributed by atoms with Gasteiger partial charge >= 0.3 is 5.97 Å². The molecule has 0 aliphatic rings. The Morgan fingerprint density at radius 2 is 1.83 bits per heavy atom. The van der Waals surface area contributed by atoms with Crippen molar-refractivity contribution in [1.29, 1.82) is 0 Å². The third-order valence-electron chi connectivity index (χ3n) is 3.03. The van der Waals surface area contributed by atoms with Crippen LogP contribution in [0.2, 0.25) is 0 Å². The number of anilines is 1. The first-order valence-electron chi connectivity index (χ1n) is 7.12. The molecule has 0 heterocycles. The summed E-state index contributed by atoms with van der Waals surface area (Å²) in [5.41, 5.74) is 1.54. The number of esters is 1. The molecule has 0 aliphatic carbocycles. The maximum Gasteiger partial charge on any atom is 0.343 e. The Kier molecular flexibility index (Phi) is 6.57. The molecule has 0 saturated heterocycles. The third kappa shape index (κ3) is 5.55. The van der Waals surface area contributed by atoms with Crippen LogP contribution in [0, 0.1) is 0 Å². The Balaban J connectivity index is 1.90. The summed E-state index contributed by atoms with van der Waals surface area (Å²) < 4.78 is 10.6. The van der Waals surface area contributed by atoms with Gasteiger partial charge in [-0.1, -0.05) is 34.1 Å². The lowest BCUT2D eigenvalue weighted by atomic mass is 10.2. The Morgan fingerprint density at radius 3 is 2.50 bits per heavy atom. The number of carbonyl (C=O) groups excluding carboxylic acids is 2. The first kappa shape index (κ1) is 17.7. The lowest BCUT2D eigenvalue weighted by Gasteiger charge is -2.06. The van der Waals surface area contributed by atoms with Gasteiger partial charge in [0.2, 0.25) is 5.91 Å². The summed E-state index contributed by atoms with van der Waals surface area (Å²) in [7, 11) is 1.30. The zero-order chi connectivity index (χ0) is 17.4. The number of carbonyl (C=O) groups is 2. The topological polar surface area (TPSA) is 64.6 Å². The second-order valence-corrected chi connectivity index (χ2v) is 5.59. The van der Waals surface area contributed by atoms with E-state index in [9.17, 15) is 9.59 Å². The zero-order valence-electron chi connectivity index (χ0n) is 13.0. The molecular weight excluding hydrogens is 374 g/mol. The molecule has 0 atom stereocenters. The van der Waals surface area contributed by atoms with E-state index in [-0.39, 0.29) is 12.5 Å². The smallest absolute Gasteiger partial charge is 0.343 e. The van der Waals surface area contributed by atoms with Crippen molar-refractivity contribution >= 4 is 39.6 Å². The SMILES string of the molecule is COC(=O)COc1ccc(NC(=O)C=Cc2ccccc2Br)cc1. The van der Waals surface area contributed by atoms with E-state index in [0.717, 1.165) is 10.0 Å². The highest BCUT2D eigenvalue weighted by molar-refractivity contribution is 9.10. The van der Waals surface area contributed by atoms with Crippen molar-refractivity contribution in [3.05, 3.63) is 64.6 Å². The van der Waals surface area contributed by atoms with Crippen molar-refractivity contribution in [2.75, 3.05) is 19.0 Å². The summed E-state index contributed by atoms with van der Waals surface area (Å²) in [5.74, 6) is -0.180. The summed E-state index contributed by atoms with van der Waals surface area (Å²) in [4.78, 5) is 22.9. The van der Waals surface area contributed by atoms with Gasteiger partial charge < -0.3 is 14.8 Å². The second kappa shape index (κ2) is 8.88. The number of hydrogen-bond acceptors (Lipinski definition) is 4. The molecular formula is C18H16BrNO4. The van der Waals surface area contributed by atoms with Crippen LogP contribution < -0.4 is 10.1 Å². The van der Waals surface area contributed by atoms with Crippen molar-refractivity contribution in [1.82, 2.24) is 0 Å². The maximum absolute atomic E-state index is 11.9. The summed E-state index contributed by atoms with van der Waals surface area (Å²) in [6.45, 7) is -0.156. The van der Waals surface area contributed by atoms with Crippen LogP contribution in [-0.4, -0.2) is 25.6 Å². The quantitative estimate of drug-likeness (QED) is 0.604. The minimum Gasteiger partial charge on any atom is -0.482 e. The second-order valence-electron chi connectivity index (χ2n) is 4.73. The van der Waals surface area contributed by atoms with Gasteiger partial charge in [-0.2, -0.15) is 0 Å². The molecule has 6 heteroatoms. The number of methoxy groups -OCH3 is 1. The highest BCUT2D eigenvalue weighted by Gasteiger charge is 2.03. The fourth-order valence-electron chi connectivity index (χ4n) is 1.80. The molecule has 2 aromatic rings. The van der Waals surface area contributed by atoms with Gasteiger partial charge in [-0.05, 0) is 42.0 Å². The van der Waals surface area contributed by atoms with Crippen LogP contribution in [0.3, 0.4) is 0 Å². The molecule has 0 aromatic heterocycles. The van der Waals surface area contributed by atoms with Gasteiger partial charge in [0.25, 0.3) is 0 Å². The van der Waals surface area contributed by atoms with Gasteiger partial charge in [-0.3, -0.25) is 4.79 Å². The van der Waals surface area contributed by atoms with Crippen molar-refractivity contribution in [3.8, 4) is 5.75 Å². The van der Waals surface area contributed by atoms with Crippen molar-refractivity contribution in [3.63, 3.8) is 0 Å². The van der Waals surface area contributed by atoms with E-state index in [4.69, 9.17) is 4.74 Å². The number of amides is 1. The normalized spacial score (nSPS) is 10.4. The lowest BCUT2D eigenvalue weighted by Crippen LogP contribution is -2.12. The van der Waals surface area contributed by atoms with Gasteiger partial charge in [0.15, 0.2) is 6.61 Å². The predicted molar refractivity (Wildman–Crippen MR) is 95.8 cm³/mol. The monoisotopic (exact) mass is 389 g/mol. The summed E-state index contributed by atoms with van der Waals surface area (Å²) in [6, 6.07) is 14.3. The minimum atomic E-state index is -0.454. The average molecular weight is 390 g/mol. The van der Waals surface area contributed by atoms with E-state index in [1.807, 2.05) is 24.3 Å². The van der Waals surface area contributed by atoms with Gasteiger partial charge in [-0.15, -0.1) is 0 Å². The van der Waals surface area contributed by atoms with E-state index in [1.54, 1.807) is 30.3 Å². The van der Waals surface area contributed by atoms with Crippen LogP contribution in [0.4, 0.5) is 5.69 Å². The number of hydrogen-bond donors (Lipinski definition) is 1. The average Bonchev–Trinajstić information content (AvgIpc) is 2.60. The molecule has 124 valence electrons. The van der Waals surface area contributed by atoms with Gasteiger partial charge in [0.1, 0.15) is 5.75 Å². The largest absolute Gasteiger partial charge is 0.482 e. The van der Waals surface area contributed by atoms with Gasteiger partial charge in [-0.25, -0.2) is 4.79 Å². The van der Waals surface area contributed by atoms with E-state index in [1.165, 1.54) is 13.2 Å². The van der Waals surface area contributed by atoms with Gasteiger partial charge in [0, 0.05) is 16.2 Å². The highest BCUT2D eigenvalue weighted by Crippen LogP contribution is 2.18. The standard InChI is InChI=1S/C18H16BrNO4/c1-23-18(22)12-24-15-9-7-14(8-10-15)20-17(21)11-6-13-4-2-3-5-16(13)19/h2-11H,12H2,1H3,(H,20,21). The molecule has 2 rings (SSSR count). The Hall–Kier alpha value is -2.60. The molecule has 0 radical (unpaired) electrons. The molecule has 2 aromatic carbocycles. The van der Waals surface area contributed by atoms with Crippen LogP contribution in [0.15, 0.2) is 59.1 Å². The molecule has 5 nitrogen and oxygen atoms in total. The Morgan fingerprint density at radius 1 is 1.12 bits per heavy atom. The number of ether oxygens (including phenoxy) is 2. The molecule has 0 spiro atoms. The number of benzene rings is 2. The first-order chi connectivity index (χ1) is 11.6. The maximum atomic E-state index is 11.9. The van der Waals surface area contributed by atoms with Crippen LogP contribution >= 0.6 is 15.9 Å². The van der Waals surface area contributed by atoms with Crippen LogP contribution in [0.1, 0.15) is 5.56 Å². The number of rotatable bonds is 6. The molecule has 0 saturated carbocycles. The highest BCUT2D eigenvalue weighted by atomic mass is 79.9. The number of nitrogens with one attached hydrogen (secondary N) is 1. The molecule has 0 aliphatic heterocycles. The fraction of sp³-hybridized carbons (Fsp3) is 0.111. The molecule has 1 amide bonds. The Labute approximate surface area is 148 Å². The van der Waals surface area contributed by atoms with Crippen LogP contribution in [-0.2, 0) is 14.3 Å². The van der Waals surface area contributed by atoms with E-state index in [0.29, 0.717) is 11.4 Å². The molecule has 0 unspecified atom stereocenters. The predicted octanol–water partition coefficient (Wildman–Crippen LogP) is 3.65. The van der Waals surface area contributed by atoms with Crippen molar-refractivity contribution in [2.24, 2.45) is 0 Å². The minimum absolute atomic E-state index is 0.156. The fourth-order valence-corrected chi connectivity index (χ4v) is 2.21. The first-order valence-corrected chi connectivity index (χ1v) is 7.91. The zero-order valence-corrected chi connectivity index (χ0v) is 14.6. The van der Waals surface area contributed by atoms with E-state index < -0.39 is 5.97 Å². The van der Waals surface area contributed by atoms with E-state index >= 15 is 0 Å². The van der Waals surface area contributed by atoms with E-state index in [2.05, 4.69) is 26.0 Å². The molecule has 0 fully saturated rings. The number of halogens is 1. The summed E-state index contributed by atoms with van der Waals surface area (Å²) >= 11 is 3.42. The molecule has 24 heavy (non-hydrogen) atoms. The lowest BCUT2D eigenvalue weighted by molar-refractivity contribution is -0.142. The summed E-state index contributed by atoms with van der Waals surface area (Å²) in [6.07, 6.45) is 3.19. The molecule has 0 bridgehead atoms. The van der Waals surface area contributed by atoms with Gasteiger partial charge in [0.05, 0.1) is 7.11 Å². The Bertz CT molecular complexity index is 741. The molecule has 1 N–H and O–H groups in total.